The van der Waals surface area contributed by atoms with Gasteiger partial charge >= 0.3 is 0 Å². The molecule has 0 radical (unpaired) electrons. The third kappa shape index (κ3) is 3.09. The quantitative estimate of drug-likeness (QED) is 0.696. The highest BCUT2D eigenvalue weighted by Crippen LogP contribution is 2.47. The molecule has 1 aromatic rings. The summed E-state index contributed by atoms with van der Waals surface area (Å²) in [6.07, 6.45) is 3.52. The van der Waals surface area contributed by atoms with Crippen LogP contribution in [0, 0.1) is 5.92 Å². The van der Waals surface area contributed by atoms with E-state index in [-0.39, 0.29) is 0 Å². The maximum absolute atomic E-state index is 5.80. The molecule has 1 heterocycles. The van der Waals surface area contributed by atoms with Crippen molar-refractivity contribution in [2.24, 2.45) is 11.7 Å². The van der Waals surface area contributed by atoms with Crippen molar-refractivity contribution in [3.8, 4) is 0 Å². The highest BCUT2D eigenvalue weighted by Gasteiger charge is 2.36. The molecule has 0 aliphatic heterocycles. The number of furan rings is 1. The van der Waals surface area contributed by atoms with Crippen LogP contribution in [0.3, 0.4) is 0 Å². The van der Waals surface area contributed by atoms with E-state index in [0.29, 0.717) is 5.92 Å². The fourth-order valence-corrected chi connectivity index (χ4v) is 2.01. The number of unbranched alkanes of at least 4 members (excludes halogenated alkanes) is 1. The Morgan fingerprint density at radius 2 is 2.25 bits per heavy atom. The first-order valence-corrected chi connectivity index (χ1v) is 6.30. The summed E-state index contributed by atoms with van der Waals surface area (Å²) >= 11 is 0. The lowest BCUT2D eigenvalue weighted by molar-refractivity contribution is 0.442. The van der Waals surface area contributed by atoms with Crippen molar-refractivity contribution in [1.82, 2.24) is 5.32 Å². The Kier molecular flexibility index (Phi) is 4.02. The van der Waals surface area contributed by atoms with Gasteiger partial charge in [-0.15, -0.1) is 0 Å². The summed E-state index contributed by atoms with van der Waals surface area (Å²) in [7, 11) is 0. The first-order valence-electron chi connectivity index (χ1n) is 6.30. The minimum atomic E-state index is 0.686. The molecular weight excluding hydrogens is 200 g/mol. The van der Waals surface area contributed by atoms with Crippen LogP contribution < -0.4 is 11.1 Å². The van der Waals surface area contributed by atoms with Gasteiger partial charge in [0, 0.05) is 5.92 Å². The lowest BCUT2D eigenvalue weighted by Gasteiger charge is -2.01. The van der Waals surface area contributed by atoms with Crippen molar-refractivity contribution >= 4 is 0 Å². The van der Waals surface area contributed by atoms with Crippen LogP contribution >= 0.6 is 0 Å². The van der Waals surface area contributed by atoms with Gasteiger partial charge in [0.15, 0.2) is 0 Å². The van der Waals surface area contributed by atoms with Gasteiger partial charge in [0.05, 0.1) is 6.54 Å². The monoisotopic (exact) mass is 222 g/mol. The highest BCUT2D eigenvalue weighted by atomic mass is 16.3. The summed E-state index contributed by atoms with van der Waals surface area (Å²) in [5, 5.41) is 3.37. The molecule has 3 N–H and O–H groups in total. The molecule has 0 aromatic carbocycles. The molecule has 0 bridgehead atoms. The number of hydrogen-bond donors (Lipinski definition) is 2. The SMILES string of the molecule is CC1CC1c1ccc(CNCCCCN)o1. The Balaban J connectivity index is 1.67. The summed E-state index contributed by atoms with van der Waals surface area (Å²) in [6.45, 7) is 4.92. The molecule has 1 aliphatic carbocycles. The number of hydrogen-bond acceptors (Lipinski definition) is 3. The van der Waals surface area contributed by atoms with Crippen molar-refractivity contribution in [3.05, 3.63) is 23.7 Å². The topological polar surface area (TPSA) is 51.2 Å². The van der Waals surface area contributed by atoms with Crippen LogP contribution in [0.25, 0.3) is 0 Å². The van der Waals surface area contributed by atoms with E-state index in [0.717, 1.165) is 44.2 Å². The van der Waals surface area contributed by atoms with Crippen LogP contribution in [0.5, 0.6) is 0 Å². The van der Waals surface area contributed by atoms with Crippen LogP contribution in [0.2, 0.25) is 0 Å². The molecule has 2 atom stereocenters. The van der Waals surface area contributed by atoms with E-state index >= 15 is 0 Å². The normalized spacial score (nSPS) is 23.6. The lowest BCUT2D eigenvalue weighted by Crippen LogP contribution is -2.15. The van der Waals surface area contributed by atoms with E-state index in [9.17, 15) is 0 Å². The van der Waals surface area contributed by atoms with Gasteiger partial charge in [0.25, 0.3) is 0 Å². The molecule has 0 spiro atoms. The largest absolute Gasteiger partial charge is 0.464 e. The molecule has 1 aliphatic rings. The minimum Gasteiger partial charge on any atom is -0.464 e. The first kappa shape index (κ1) is 11.7. The Morgan fingerprint density at radius 3 is 2.94 bits per heavy atom. The molecule has 1 aromatic heterocycles. The zero-order chi connectivity index (χ0) is 11.4. The summed E-state index contributed by atoms with van der Waals surface area (Å²) < 4.78 is 5.80. The van der Waals surface area contributed by atoms with Crippen molar-refractivity contribution in [3.63, 3.8) is 0 Å². The molecule has 2 rings (SSSR count). The molecule has 1 fully saturated rings. The number of nitrogens with two attached hydrogens (primary N) is 1. The van der Waals surface area contributed by atoms with Crippen molar-refractivity contribution in [1.29, 1.82) is 0 Å². The van der Waals surface area contributed by atoms with E-state index in [2.05, 4.69) is 24.4 Å². The second kappa shape index (κ2) is 5.51. The Hall–Kier alpha value is -0.800. The molecule has 16 heavy (non-hydrogen) atoms. The van der Waals surface area contributed by atoms with Crippen molar-refractivity contribution < 1.29 is 4.42 Å². The van der Waals surface area contributed by atoms with E-state index in [4.69, 9.17) is 10.2 Å². The van der Waals surface area contributed by atoms with E-state index in [1.807, 2.05) is 0 Å². The zero-order valence-corrected chi connectivity index (χ0v) is 10.0. The molecule has 90 valence electrons. The van der Waals surface area contributed by atoms with Gasteiger partial charge in [-0.2, -0.15) is 0 Å². The van der Waals surface area contributed by atoms with Crippen LogP contribution in [-0.2, 0) is 6.54 Å². The van der Waals surface area contributed by atoms with Gasteiger partial charge in [-0.25, -0.2) is 0 Å². The second-order valence-electron chi connectivity index (χ2n) is 4.80. The standard InChI is InChI=1S/C13H22N2O/c1-10-8-12(10)13-5-4-11(16-13)9-15-7-3-2-6-14/h4-5,10,12,15H,2-3,6-9,14H2,1H3. The van der Waals surface area contributed by atoms with Gasteiger partial charge in [-0.05, 0) is 50.4 Å². The zero-order valence-electron chi connectivity index (χ0n) is 10.0. The van der Waals surface area contributed by atoms with Crippen LogP contribution in [0.4, 0.5) is 0 Å². The Morgan fingerprint density at radius 1 is 1.44 bits per heavy atom. The van der Waals surface area contributed by atoms with Gasteiger partial charge in [-0.3, -0.25) is 0 Å². The molecule has 1 saturated carbocycles. The number of rotatable bonds is 7. The molecule has 0 amide bonds. The lowest BCUT2D eigenvalue weighted by atomic mass is 10.3. The number of nitrogens with one attached hydrogen (secondary N) is 1. The Bertz CT molecular complexity index is 321. The van der Waals surface area contributed by atoms with Gasteiger partial charge < -0.3 is 15.5 Å². The van der Waals surface area contributed by atoms with Crippen LogP contribution in [-0.4, -0.2) is 13.1 Å². The van der Waals surface area contributed by atoms with Crippen LogP contribution in [0.15, 0.2) is 16.5 Å². The highest BCUT2D eigenvalue weighted by molar-refractivity contribution is 5.17. The smallest absolute Gasteiger partial charge is 0.117 e. The summed E-state index contributed by atoms with van der Waals surface area (Å²) in [6, 6.07) is 4.22. The van der Waals surface area contributed by atoms with E-state index in [1.165, 1.54) is 12.2 Å². The predicted octanol–water partition coefficient (Wildman–Crippen LogP) is 2.23. The first-order chi connectivity index (χ1) is 7.81. The average molecular weight is 222 g/mol. The molecule has 2 unspecified atom stereocenters. The summed E-state index contributed by atoms with van der Waals surface area (Å²) in [5.41, 5.74) is 5.43. The van der Waals surface area contributed by atoms with Gasteiger partial charge in [-0.1, -0.05) is 6.92 Å². The maximum atomic E-state index is 5.80. The van der Waals surface area contributed by atoms with Gasteiger partial charge in [0.1, 0.15) is 11.5 Å². The predicted molar refractivity (Wildman–Crippen MR) is 65.2 cm³/mol. The molecular formula is C13H22N2O. The second-order valence-corrected chi connectivity index (χ2v) is 4.80. The third-order valence-corrected chi connectivity index (χ3v) is 3.26. The van der Waals surface area contributed by atoms with Crippen molar-refractivity contribution in [2.75, 3.05) is 13.1 Å². The minimum absolute atomic E-state index is 0.686. The van der Waals surface area contributed by atoms with Gasteiger partial charge in [0.2, 0.25) is 0 Å². The molecule has 0 saturated heterocycles. The van der Waals surface area contributed by atoms with E-state index < -0.39 is 0 Å². The maximum Gasteiger partial charge on any atom is 0.117 e. The van der Waals surface area contributed by atoms with E-state index in [1.54, 1.807) is 0 Å². The van der Waals surface area contributed by atoms with Crippen molar-refractivity contribution in [2.45, 2.75) is 38.6 Å². The third-order valence-electron chi connectivity index (χ3n) is 3.26. The van der Waals surface area contributed by atoms with Crippen LogP contribution in [0.1, 0.15) is 43.6 Å². The molecule has 3 nitrogen and oxygen atoms in total. The summed E-state index contributed by atoms with van der Waals surface area (Å²) in [4.78, 5) is 0. The average Bonchev–Trinajstić information content (AvgIpc) is 2.83. The summed E-state index contributed by atoms with van der Waals surface area (Å²) in [5.74, 6) is 3.73. The fourth-order valence-electron chi connectivity index (χ4n) is 2.01. The Labute approximate surface area is 97.4 Å². The fraction of sp³-hybridized carbons (Fsp3) is 0.692. The molecule has 3 heteroatoms.